The summed E-state index contributed by atoms with van der Waals surface area (Å²) in [5.74, 6) is 0.494. The minimum Gasteiger partial charge on any atom is -0.506 e. The third kappa shape index (κ3) is 4.40. The highest BCUT2D eigenvalue weighted by Crippen LogP contribution is 2.40. The SMILES string of the molecule is Oc1c(Br)cc(/C=N/n2cnnc2SCc2ccc(Cl)cc2)c(O)c1Br. The topological polar surface area (TPSA) is 83.5 Å². The summed E-state index contributed by atoms with van der Waals surface area (Å²) in [4.78, 5) is 0. The molecule has 10 heteroatoms. The third-order valence-electron chi connectivity index (χ3n) is 3.30. The molecule has 0 bridgehead atoms. The zero-order valence-corrected chi connectivity index (χ0v) is 17.7. The quantitative estimate of drug-likeness (QED) is 0.365. The van der Waals surface area contributed by atoms with Gasteiger partial charge in [0.1, 0.15) is 22.3 Å². The molecule has 0 saturated carbocycles. The number of aromatic hydroxyl groups is 2. The molecule has 1 aromatic heterocycles. The van der Waals surface area contributed by atoms with Gasteiger partial charge in [-0.05, 0) is 55.6 Å². The van der Waals surface area contributed by atoms with Crippen LogP contribution in [0.3, 0.4) is 0 Å². The Kier molecular flexibility index (Phi) is 6.23. The molecule has 6 nitrogen and oxygen atoms in total. The molecular formula is C16H11Br2ClN4O2S. The molecule has 0 fully saturated rings. The Labute approximate surface area is 175 Å². The Hall–Kier alpha value is -1.55. The van der Waals surface area contributed by atoms with Crippen LogP contribution in [-0.4, -0.2) is 31.3 Å². The normalized spacial score (nSPS) is 11.3. The minimum absolute atomic E-state index is 0.0804. The number of phenolic OH excluding ortho intramolecular Hbond substituents is 2. The maximum absolute atomic E-state index is 10.1. The van der Waals surface area contributed by atoms with Crippen LogP contribution in [0.4, 0.5) is 0 Å². The van der Waals surface area contributed by atoms with Crippen LogP contribution in [0, 0.1) is 0 Å². The van der Waals surface area contributed by atoms with E-state index >= 15 is 0 Å². The maximum Gasteiger partial charge on any atom is 0.212 e. The highest BCUT2D eigenvalue weighted by atomic mass is 79.9. The van der Waals surface area contributed by atoms with Gasteiger partial charge in [-0.25, -0.2) is 0 Å². The number of rotatable bonds is 5. The first kappa shape index (κ1) is 19.2. The summed E-state index contributed by atoms with van der Waals surface area (Å²) in [5, 5.41) is 33.4. The predicted octanol–water partition coefficient (Wildman–Crippen LogP) is 5.04. The zero-order chi connectivity index (χ0) is 18.7. The summed E-state index contributed by atoms with van der Waals surface area (Å²) in [6.45, 7) is 0. The fraction of sp³-hybridized carbons (Fsp3) is 0.0625. The lowest BCUT2D eigenvalue weighted by Crippen LogP contribution is -1.94. The average molecular weight is 519 g/mol. The largest absolute Gasteiger partial charge is 0.506 e. The number of halogens is 3. The summed E-state index contributed by atoms with van der Waals surface area (Å²) in [6, 6.07) is 9.13. The number of benzene rings is 2. The smallest absolute Gasteiger partial charge is 0.212 e. The lowest BCUT2D eigenvalue weighted by Gasteiger charge is -2.06. The van der Waals surface area contributed by atoms with E-state index in [1.54, 1.807) is 6.07 Å². The highest BCUT2D eigenvalue weighted by Gasteiger charge is 2.13. The van der Waals surface area contributed by atoms with Crippen LogP contribution in [0.5, 0.6) is 11.5 Å². The summed E-state index contributed by atoms with van der Waals surface area (Å²) in [5.41, 5.74) is 1.52. The van der Waals surface area contributed by atoms with Crippen molar-refractivity contribution in [3.8, 4) is 11.5 Å². The molecule has 3 rings (SSSR count). The van der Waals surface area contributed by atoms with Crippen molar-refractivity contribution in [1.29, 1.82) is 0 Å². The summed E-state index contributed by atoms with van der Waals surface area (Å²) in [7, 11) is 0. The van der Waals surface area contributed by atoms with Crippen molar-refractivity contribution >= 4 is 61.4 Å². The standard InChI is InChI=1S/C16H11Br2ClN4O2S/c17-12-5-10(14(24)13(18)15(12)25)6-21-23-8-20-22-16(23)26-7-9-1-3-11(19)4-2-9/h1-6,8,24-25H,7H2/b21-6+. The molecule has 1 heterocycles. The third-order valence-corrected chi connectivity index (χ3v) is 5.91. The van der Waals surface area contributed by atoms with Gasteiger partial charge in [0.25, 0.3) is 0 Å². The van der Waals surface area contributed by atoms with Crippen LogP contribution in [0.25, 0.3) is 0 Å². The second-order valence-corrected chi connectivity index (χ2v) is 8.10. The van der Waals surface area contributed by atoms with Crippen molar-refractivity contribution in [2.75, 3.05) is 0 Å². The Balaban J connectivity index is 1.77. The minimum atomic E-state index is -0.113. The lowest BCUT2D eigenvalue weighted by molar-refractivity contribution is 0.441. The Morgan fingerprint density at radius 2 is 1.92 bits per heavy atom. The first-order valence-electron chi connectivity index (χ1n) is 7.17. The van der Waals surface area contributed by atoms with Gasteiger partial charge in [0, 0.05) is 16.3 Å². The summed E-state index contributed by atoms with van der Waals surface area (Å²) < 4.78 is 2.13. The number of phenols is 2. The summed E-state index contributed by atoms with van der Waals surface area (Å²) >= 11 is 13.7. The second-order valence-electron chi connectivity index (χ2n) is 5.08. The predicted molar refractivity (Wildman–Crippen MR) is 109 cm³/mol. The number of aromatic nitrogens is 3. The van der Waals surface area contributed by atoms with E-state index in [1.807, 2.05) is 24.3 Å². The van der Waals surface area contributed by atoms with Crippen LogP contribution >= 0.6 is 55.2 Å². The average Bonchev–Trinajstić information content (AvgIpc) is 3.09. The molecule has 134 valence electrons. The van der Waals surface area contributed by atoms with E-state index in [-0.39, 0.29) is 16.0 Å². The van der Waals surface area contributed by atoms with Crippen LogP contribution < -0.4 is 0 Å². The number of nitrogens with zero attached hydrogens (tertiary/aromatic N) is 4. The first-order valence-corrected chi connectivity index (χ1v) is 10.1. The molecule has 0 aliphatic heterocycles. The van der Waals surface area contributed by atoms with Crippen molar-refractivity contribution in [2.24, 2.45) is 5.10 Å². The number of thioether (sulfide) groups is 1. The van der Waals surface area contributed by atoms with Gasteiger partial charge in [-0.1, -0.05) is 35.5 Å². The monoisotopic (exact) mass is 516 g/mol. The van der Waals surface area contributed by atoms with Crippen LogP contribution in [0.2, 0.25) is 5.02 Å². The van der Waals surface area contributed by atoms with Crippen molar-refractivity contribution in [1.82, 2.24) is 14.9 Å². The molecule has 0 amide bonds. The fourth-order valence-electron chi connectivity index (χ4n) is 1.96. The van der Waals surface area contributed by atoms with E-state index < -0.39 is 0 Å². The van der Waals surface area contributed by atoms with E-state index in [2.05, 4.69) is 47.2 Å². The molecular weight excluding hydrogens is 508 g/mol. The van der Waals surface area contributed by atoms with E-state index in [0.717, 1.165) is 5.56 Å². The molecule has 0 aliphatic rings. The Morgan fingerprint density at radius 3 is 2.65 bits per heavy atom. The van der Waals surface area contributed by atoms with Crippen LogP contribution in [-0.2, 0) is 5.75 Å². The van der Waals surface area contributed by atoms with Gasteiger partial charge in [0.05, 0.1) is 10.7 Å². The lowest BCUT2D eigenvalue weighted by atomic mass is 10.2. The van der Waals surface area contributed by atoms with E-state index in [4.69, 9.17) is 11.6 Å². The van der Waals surface area contributed by atoms with E-state index in [1.165, 1.54) is 29.0 Å². The molecule has 0 aliphatic carbocycles. The van der Waals surface area contributed by atoms with Crippen LogP contribution in [0.15, 0.2) is 55.9 Å². The first-order chi connectivity index (χ1) is 12.5. The fourth-order valence-corrected chi connectivity index (χ4v) is 4.06. The Morgan fingerprint density at radius 1 is 1.19 bits per heavy atom. The maximum atomic E-state index is 10.1. The van der Waals surface area contributed by atoms with Crippen molar-refractivity contribution in [2.45, 2.75) is 10.9 Å². The van der Waals surface area contributed by atoms with Gasteiger partial charge in [-0.3, -0.25) is 0 Å². The van der Waals surface area contributed by atoms with Crippen LogP contribution in [0.1, 0.15) is 11.1 Å². The van der Waals surface area contributed by atoms with Gasteiger partial charge in [-0.15, -0.1) is 10.2 Å². The van der Waals surface area contributed by atoms with Crippen molar-refractivity contribution in [3.63, 3.8) is 0 Å². The molecule has 26 heavy (non-hydrogen) atoms. The molecule has 2 N–H and O–H groups in total. The van der Waals surface area contributed by atoms with Gasteiger partial charge in [-0.2, -0.15) is 9.78 Å². The van der Waals surface area contributed by atoms with Crippen molar-refractivity contribution in [3.05, 3.63) is 61.8 Å². The zero-order valence-electron chi connectivity index (χ0n) is 13.0. The molecule has 3 aromatic rings. The van der Waals surface area contributed by atoms with Gasteiger partial charge >= 0.3 is 0 Å². The second kappa shape index (κ2) is 8.43. The molecule has 0 unspecified atom stereocenters. The van der Waals surface area contributed by atoms with Crippen molar-refractivity contribution < 1.29 is 10.2 Å². The van der Waals surface area contributed by atoms with Gasteiger partial charge in [0.2, 0.25) is 5.16 Å². The number of hydrogen-bond acceptors (Lipinski definition) is 6. The molecule has 0 atom stereocenters. The van der Waals surface area contributed by atoms with E-state index in [9.17, 15) is 10.2 Å². The van der Waals surface area contributed by atoms with Gasteiger partial charge in [0.15, 0.2) is 0 Å². The molecule has 0 spiro atoms. The molecule has 2 aromatic carbocycles. The number of hydrogen-bond donors (Lipinski definition) is 2. The molecule has 0 saturated heterocycles. The molecule has 0 radical (unpaired) electrons. The van der Waals surface area contributed by atoms with Gasteiger partial charge < -0.3 is 10.2 Å². The highest BCUT2D eigenvalue weighted by molar-refractivity contribution is 9.11. The Bertz CT molecular complexity index is 964. The van der Waals surface area contributed by atoms with E-state index in [0.29, 0.717) is 26.0 Å². The summed E-state index contributed by atoms with van der Waals surface area (Å²) in [6.07, 6.45) is 2.93.